The summed E-state index contributed by atoms with van der Waals surface area (Å²) in [5, 5.41) is 4.01. The van der Waals surface area contributed by atoms with Crippen molar-refractivity contribution in [3.8, 4) is 11.5 Å². The number of carbonyl (C=O) groups is 1. The summed E-state index contributed by atoms with van der Waals surface area (Å²) in [5.41, 5.74) is -0.0190. The van der Waals surface area contributed by atoms with Crippen LogP contribution in [0.5, 0.6) is 0 Å². The maximum absolute atomic E-state index is 12.5. The fourth-order valence-corrected chi connectivity index (χ4v) is 2.52. The van der Waals surface area contributed by atoms with Crippen LogP contribution in [0.15, 0.2) is 34.9 Å². The van der Waals surface area contributed by atoms with Crippen LogP contribution >= 0.6 is 0 Å². The number of amides is 1. The number of hydrogen-bond donors (Lipinski definition) is 0. The SMILES string of the molecule is COC(C)(C)C(=O)N1CCO[C@@H](c2noc(-c3ccccc3)n2)C1. The van der Waals surface area contributed by atoms with Crippen LogP contribution in [-0.4, -0.2) is 53.4 Å². The quantitative estimate of drug-likeness (QED) is 0.853. The van der Waals surface area contributed by atoms with Crippen molar-refractivity contribution in [2.24, 2.45) is 0 Å². The molecule has 1 atom stereocenters. The van der Waals surface area contributed by atoms with Crippen LogP contribution < -0.4 is 0 Å². The van der Waals surface area contributed by atoms with Gasteiger partial charge in [-0.05, 0) is 26.0 Å². The molecule has 3 rings (SSSR count). The standard InChI is InChI=1S/C17H21N3O4/c1-17(2,22-3)16(21)20-9-10-23-13(11-20)14-18-15(24-19-14)12-7-5-4-6-8-12/h4-8,13H,9-11H2,1-3H3/t13-/m1/s1. The van der Waals surface area contributed by atoms with Crippen LogP contribution in [0.2, 0.25) is 0 Å². The van der Waals surface area contributed by atoms with Gasteiger partial charge in [-0.25, -0.2) is 0 Å². The highest BCUT2D eigenvalue weighted by Crippen LogP contribution is 2.25. The molecule has 0 spiro atoms. The molecular weight excluding hydrogens is 310 g/mol. The Balaban J connectivity index is 1.74. The van der Waals surface area contributed by atoms with Gasteiger partial charge >= 0.3 is 0 Å². The molecule has 7 heteroatoms. The number of methoxy groups -OCH3 is 1. The Kier molecular flexibility index (Phi) is 4.64. The van der Waals surface area contributed by atoms with Crippen LogP contribution in [0.4, 0.5) is 0 Å². The first-order valence-electron chi connectivity index (χ1n) is 7.86. The summed E-state index contributed by atoms with van der Waals surface area (Å²) in [5.74, 6) is 0.807. The number of hydrogen-bond acceptors (Lipinski definition) is 6. The third kappa shape index (κ3) is 3.32. The highest BCUT2D eigenvalue weighted by molar-refractivity contribution is 5.84. The minimum atomic E-state index is -0.867. The molecule has 0 N–H and O–H groups in total. The van der Waals surface area contributed by atoms with E-state index in [2.05, 4.69) is 10.1 Å². The van der Waals surface area contributed by atoms with Gasteiger partial charge < -0.3 is 18.9 Å². The van der Waals surface area contributed by atoms with E-state index >= 15 is 0 Å². The minimum Gasteiger partial charge on any atom is -0.369 e. The van der Waals surface area contributed by atoms with Gasteiger partial charge in [-0.15, -0.1) is 0 Å². The molecule has 0 unspecified atom stereocenters. The number of ether oxygens (including phenoxy) is 2. The van der Waals surface area contributed by atoms with Crippen molar-refractivity contribution in [1.29, 1.82) is 0 Å². The van der Waals surface area contributed by atoms with Crippen LogP contribution in [-0.2, 0) is 14.3 Å². The lowest BCUT2D eigenvalue weighted by Gasteiger charge is -2.36. The van der Waals surface area contributed by atoms with E-state index in [1.165, 1.54) is 7.11 Å². The van der Waals surface area contributed by atoms with Crippen molar-refractivity contribution in [2.45, 2.75) is 25.6 Å². The van der Waals surface area contributed by atoms with Gasteiger partial charge in [-0.3, -0.25) is 4.79 Å². The van der Waals surface area contributed by atoms with E-state index in [1.54, 1.807) is 18.7 Å². The number of aromatic nitrogens is 2. The van der Waals surface area contributed by atoms with Gasteiger partial charge in [0.1, 0.15) is 11.7 Å². The Bertz CT molecular complexity index is 699. The van der Waals surface area contributed by atoms with Gasteiger partial charge in [0.05, 0.1) is 13.2 Å². The van der Waals surface area contributed by atoms with Crippen molar-refractivity contribution in [3.63, 3.8) is 0 Å². The lowest BCUT2D eigenvalue weighted by molar-refractivity contribution is -0.158. The summed E-state index contributed by atoms with van der Waals surface area (Å²) in [6.45, 7) is 4.82. The second-order valence-electron chi connectivity index (χ2n) is 6.15. The highest BCUT2D eigenvalue weighted by atomic mass is 16.5. The lowest BCUT2D eigenvalue weighted by Crippen LogP contribution is -2.51. The summed E-state index contributed by atoms with van der Waals surface area (Å²) in [4.78, 5) is 18.7. The molecule has 2 heterocycles. The van der Waals surface area contributed by atoms with Gasteiger partial charge in [0.2, 0.25) is 5.82 Å². The molecule has 0 saturated carbocycles. The minimum absolute atomic E-state index is 0.0786. The average molecular weight is 331 g/mol. The second-order valence-corrected chi connectivity index (χ2v) is 6.15. The Labute approximate surface area is 140 Å². The summed E-state index contributed by atoms with van der Waals surface area (Å²) in [6.07, 6.45) is -0.406. The largest absolute Gasteiger partial charge is 0.369 e. The molecule has 0 aliphatic carbocycles. The fraction of sp³-hybridized carbons (Fsp3) is 0.471. The summed E-state index contributed by atoms with van der Waals surface area (Å²) in [6, 6.07) is 9.53. The molecule has 24 heavy (non-hydrogen) atoms. The maximum atomic E-state index is 12.5. The molecular formula is C17H21N3O4. The lowest BCUT2D eigenvalue weighted by atomic mass is 10.1. The number of nitrogens with zero attached hydrogens (tertiary/aromatic N) is 3. The topological polar surface area (TPSA) is 77.7 Å². The smallest absolute Gasteiger partial charge is 0.258 e. The molecule has 1 aliphatic heterocycles. The zero-order valence-corrected chi connectivity index (χ0v) is 14.1. The van der Waals surface area contributed by atoms with E-state index in [0.29, 0.717) is 31.4 Å². The van der Waals surface area contributed by atoms with Gasteiger partial charge in [0, 0.05) is 19.2 Å². The van der Waals surface area contributed by atoms with Crippen LogP contribution in [0, 0.1) is 0 Å². The summed E-state index contributed by atoms with van der Waals surface area (Å²) < 4.78 is 16.3. The second kappa shape index (κ2) is 6.70. The fourth-order valence-electron chi connectivity index (χ4n) is 2.52. The molecule has 0 bridgehead atoms. The van der Waals surface area contributed by atoms with Crippen LogP contribution in [0.1, 0.15) is 25.8 Å². The molecule has 0 radical (unpaired) electrons. The molecule has 2 aromatic rings. The third-order valence-electron chi connectivity index (χ3n) is 4.13. The average Bonchev–Trinajstić information content (AvgIpc) is 3.12. The van der Waals surface area contributed by atoms with Crippen molar-refractivity contribution >= 4 is 5.91 Å². The van der Waals surface area contributed by atoms with E-state index in [9.17, 15) is 4.79 Å². The van der Waals surface area contributed by atoms with Gasteiger partial charge in [0.15, 0.2) is 0 Å². The number of carbonyl (C=O) groups excluding carboxylic acids is 1. The normalized spacial score (nSPS) is 18.6. The van der Waals surface area contributed by atoms with Crippen molar-refractivity contribution in [2.75, 3.05) is 26.8 Å². The van der Waals surface area contributed by atoms with Crippen molar-refractivity contribution < 1.29 is 18.8 Å². The predicted octanol–water partition coefficient (Wildman–Crippen LogP) is 2.06. The van der Waals surface area contributed by atoms with Crippen LogP contribution in [0.3, 0.4) is 0 Å². The zero-order valence-electron chi connectivity index (χ0n) is 14.1. The summed E-state index contributed by atoms with van der Waals surface area (Å²) >= 11 is 0. The number of rotatable bonds is 4. The molecule has 1 aliphatic rings. The van der Waals surface area contributed by atoms with Crippen LogP contribution in [0.25, 0.3) is 11.5 Å². The first-order chi connectivity index (χ1) is 11.5. The van der Waals surface area contributed by atoms with Gasteiger partial charge in [0.25, 0.3) is 11.8 Å². The van der Waals surface area contributed by atoms with E-state index in [1.807, 2.05) is 30.3 Å². The first-order valence-corrected chi connectivity index (χ1v) is 7.86. The molecule has 7 nitrogen and oxygen atoms in total. The monoisotopic (exact) mass is 331 g/mol. The zero-order chi connectivity index (χ0) is 17.2. The molecule has 1 saturated heterocycles. The number of benzene rings is 1. The Morgan fingerprint density at radius 2 is 2.08 bits per heavy atom. The van der Waals surface area contributed by atoms with Crippen molar-refractivity contribution in [1.82, 2.24) is 15.0 Å². The highest BCUT2D eigenvalue weighted by Gasteiger charge is 2.36. The maximum Gasteiger partial charge on any atom is 0.258 e. The number of morpholine rings is 1. The molecule has 1 fully saturated rings. The van der Waals surface area contributed by atoms with E-state index in [4.69, 9.17) is 14.0 Å². The Morgan fingerprint density at radius 3 is 2.79 bits per heavy atom. The predicted molar refractivity (Wildman–Crippen MR) is 86.1 cm³/mol. The van der Waals surface area contributed by atoms with E-state index in [0.717, 1.165) is 5.56 Å². The van der Waals surface area contributed by atoms with Gasteiger partial charge in [-0.2, -0.15) is 4.98 Å². The molecule has 1 aromatic heterocycles. The van der Waals surface area contributed by atoms with Gasteiger partial charge in [-0.1, -0.05) is 23.4 Å². The molecule has 1 aromatic carbocycles. The molecule has 128 valence electrons. The van der Waals surface area contributed by atoms with E-state index in [-0.39, 0.29) is 5.91 Å². The third-order valence-corrected chi connectivity index (χ3v) is 4.13. The Morgan fingerprint density at radius 1 is 1.33 bits per heavy atom. The molecule has 1 amide bonds. The first kappa shape index (κ1) is 16.6. The van der Waals surface area contributed by atoms with E-state index < -0.39 is 11.7 Å². The van der Waals surface area contributed by atoms with Crippen molar-refractivity contribution in [3.05, 3.63) is 36.2 Å². The summed E-state index contributed by atoms with van der Waals surface area (Å²) in [7, 11) is 1.53. The Hall–Kier alpha value is -2.25.